The van der Waals surface area contributed by atoms with Crippen LogP contribution in [-0.4, -0.2) is 4.40 Å². The summed E-state index contributed by atoms with van der Waals surface area (Å²) in [7, 11) is 0. The van der Waals surface area contributed by atoms with Crippen LogP contribution in [0.5, 0.6) is 0 Å². The molecular weight excluding hydrogens is 406 g/mol. The second-order valence-electron chi connectivity index (χ2n) is 8.91. The van der Waals surface area contributed by atoms with Crippen LogP contribution in [0.15, 0.2) is 99.8 Å². The number of aromatic nitrogens is 1. The topological polar surface area (TPSA) is 30.7 Å². The lowest BCUT2D eigenvalue weighted by molar-refractivity contribution is 0.672. The standard InChI is InChI=1S/C30H15NO2/c1-4-10-22-19(9-1)27-28-21(15-20-17-8-3-6-12-25(17)33-30(20)27)26-23(31(22)28)14-13-18-16-7-2-5-11-24(16)32-29(18)26/h1-15H. The highest BCUT2D eigenvalue weighted by Gasteiger charge is 2.24. The Morgan fingerprint density at radius 1 is 0.455 bits per heavy atom. The van der Waals surface area contributed by atoms with Gasteiger partial charge in [-0.2, -0.15) is 0 Å². The third kappa shape index (κ3) is 1.74. The zero-order valence-electron chi connectivity index (χ0n) is 17.4. The predicted molar refractivity (Wildman–Crippen MR) is 136 cm³/mol. The highest BCUT2D eigenvalue weighted by Crippen LogP contribution is 2.47. The summed E-state index contributed by atoms with van der Waals surface area (Å²) in [5, 5.41) is 9.38. The fourth-order valence-electron chi connectivity index (χ4n) is 6.00. The molecule has 9 aromatic rings. The van der Waals surface area contributed by atoms with Crippen molar-refractivity contribution in [1.82, 2.24) is 4.40 Å². The Morgan fingerprint density at radius 3 is 1.88 bits per heavy atom. The molecule has 5 aromatic carbocycles. The van der Waals surface area contributed by atoms with E-state index in [0.29, 0.717) is 0 Å². The lowest BCUT2D eigenvalue weighted by atomic mass is 10.0. The zero-order chi connectivity index (χ0) is 21.3. The summed E-state index contributed by atoms with van der Waals surface area (Å²) < 4.78 is 15.3. The molecule has 152 valence electrons. The van der Waals surface area contributed by atoms with Crippen molar-refractivity contribution in [1.29, 1.82) is 0 Å². The fraction of sp³-hybridized carbons (Fsp3) is 0. The van der Waals surface area contributed by atoms with E-state index in [4.69, 9.17) is 8.83 Å². The maximum atomic E-state index is 6.48. The van der Waals surface area contributed by atoms with Crippen LogP contribution in [0, 0.1) is 0 Å². The number of furan rings is 2. The van der Waals surface area contributed by atoms with Gasteiger partial charge in [0.1, 0.15) is 22.3 Å². The first kappa shape index (κ1) is 16.2. The van der Waals surface area contributed by atoms with Crippen molar-refractivity contribution in [3.8, 4) is 0 Å². The average molecular weight is 421 g/mol. The molecule has 9 rings (SSSR count). The normalized spacial score (nSPS) is 12.8. The minimum Gasteiger partial charge on any atom is -0.455 e. The second kappa shape index (κ2) is 5.28. The van der Waals surface area contributed by atoms with Crippen LogP contribution in [0.3, 0.4) is 0 Å². The Morgan fingerprint density at radius 2 is 1.09 bits per heavy atom. The van der Waals surface area contributed by atoms with Crippen molar-refractivity contribution < 1.29 is 8.83 Å². The zero-order valence-corrected chi connectivity index (χ0v) is 17.4. The van der Waals surface area contributed by atoms with E-state index in [1.807, 2.05) is 12.1 Å². The van der Waals surface area contributed by atoms with E-state index < -0.39 is 0 Å². The minimum atomic E-state index is 0.922. The van der Waals surface area contributed by atoms with Crippen LogP contribution in [-0.2, 0) is 0 Å². The minimum absolute atomic E-state index is 0.922. The molecule has 0 unspecified atom stereocenters. The van der Waals surface area contributed by atoms with Crippen LogP contribution in [0.25, 0.3) is 82.0 Å². The first-order valence-corrected chi connectivity index (χ1v) is 11.2. The van der Waals surface area contributed by atoms with E-state index in [2.05, 4.69) is 83.3 Å². The van der Waals surface area contributed by atoms with Gasteiger partial charge >= 0.3 is 0 Å². The number of hydrogen-bond donors (Lipinski definition) is 0. The molecule has 0 radical (unpaired) electrons. The average Bonchev–Trinajstić information content (AvgIpc) is 3.59. The van der Waals surface area contributed by atoms with Crippen molar-refractivity contribution in [2.24, 2.45) is 0 Å². The van der Waals surface area contributed by atoms with Crippen LogP contribution in [0.2, 0.25) is 0 Å². The first-order valence-electron chi connectivity index (χ1n) is 11.2. The summed E-state index contributed by atoms with van der Waals surface area (Å²) in [6.07, 6.45) is 0. The number of benzene rings is 5. The molecule has 3 nitrogen and oxygen atoms in total. The van der Waals surface area contributed by atoms with E-state index in [-0.39, 0.29) is 0 Å². The summed E-state index contributed by atoms with van der Waals surface area (Å²) in [5.41, 5.74) is 7.31. The highest BCUT2D eigenvalue weighted by molar-refractivity contribution is 6.35. The lowest BCUT2D eigenvalue weighted by Crippen LogP contribution is -1.79. The van der Waals surface area contributed by atoms with Crippen LogP contribution in [0.4, 0.5) is 0 Å². The molecular formula is C30H15NO2. The molecule has 0 aliphatic carbocycles. The summed E-state index contributed by atoms with van der Waals surface area (Å²) >= 11 is 0. The van der Waals surface area contributed by atoms with Gasteiger partial charge in [0.2, 0.25) is 0 Å². The van der Waals surface area contributed by atoms with Crippen molar-refractivity contribution in [2.75, 3.05) is 0 Å². The Kier molecular flexibility index (Phi) is 2.59. The Hall–Kier alpha value is -4.50. The van der Waals surface area contributed by atoms with E-state index in [9.17, 15) is 0 Å². The molecule has 0 amide bonds. The van der Waals surface area contributed by atoms with Crippen molar-refractivity contribution in [3.05, 3.63) is 91.0 Å². The molecule has 4 heterocycles. The van der Waals surface area contributed by atoms with Crippen LogP contribution >= 0.6 is 0 Å². The van der Waals surface area contributed by atoms with E-state index >= 15 is 0 Å². The van der Waals surface area contributed by atoms with Crippen molar-refractivity contribution in [2.45, 2.75) is 0 Å². The molecule has 0 N–H and O–H groups in total. The van der Waals surface area contributed by atoms with E-state index in [1.165, 1.54) is 38.1 Å². The third-order valence-electron chi connectivity index (χ3n) is 7.31. The third-order valence-corrected chi connectivity index (χ3v) is 7.31. The Bertz CT molecular complexity index is 2240. The Balaban J connectivity index is 1.68. The molecule has 0 aliphatic rings. The molecule has 0 spiro atoms. The molecule has 4 aromatic heterocycles. The number of nitrogens with zero attached hydrogens (tertiary/aromatic N) is 1. The van der Waals surface area contributed by atoms with Crippen LogP contribution in [0.1, 0.15) is 0 Å². The number of hydrogen-bond acceptors (Lipinski definition) is 2. The van der Waals surface area contributed by atoms with E-state index in [1.54, 1.807) is 0 Å². The summed E-state index contributed by atoms with van der Waals surface area (Å²) in [5.74, 6) is 0. The van der Waals surface area contributed by atoms with Gasteiger partial charge in [-0.3, -0.25) is 0 Å². The molecule has 0 fully saturated rings. The van der Waals surface area contributed by atoms with Gasteiger partial charge in [-0.15, -0.1) is 0 Å². The highest BCUT2D eigenvalue weighted by atomic mass is 16.3. The van der Waals surface area contributed by atoms with Gasteiger partial charge in [0.15, 0.2) is 0 Å². The monoisotopic (exact) mass is 421 g/mol. The van der Waals surface area contributed by atoms with Gasteiger partial charge in [0.05, 0.1) is 27.3 Å². The van der Waals surface area contributed by atoms with E-state index in [0.717, 1.165) is 43.9 Å². The molecule has 0 saturated heterocycles. The van der Waals surface area contributed by atoms with Gasteiger partial charge in [-0.25, -0.2) is 0 Å². The predicted octanol–water partition coefficient (Wildman–Crippen LogP) is 8.64. The second-order valence-corrected chi connectivity index (χ2v) is 8.91. The quantitative estimate of drug-likeness (QED) is 0.245. The Labute approximate surface area is 186 Å². The van der Waals surface area contributed by atoms with Crippen LogP contribution < -0.4 is 0 Å². The molecule has 33 heavy (non-hydrogen) atoms. The lowest BCUT2D eigenvalue weighted by Gasteiger charge is -1.99. The van der Waals surface area contributed by atoms with Crippen molar-refractivity contribution in [3.63, 3.8) is 0 Å². The van der Waals surface area contributed by atoms with Gasteiger partial charge < -0.3 is 13.2 Å². The molecule has 0 aliphatic heterocycles. The number of para-hydroxylation sites is 3. The molecule has 0 atom stereocenters. The molecule has 3 heteroatoms. The maximum Gasteiger partial charge on any atom is 0.145 e. The number of rotatable bonds is 0. The fourth-order valence-corrected chi connectivity index (χ4v) is 6.00. The summed E-state index contributed by atoms with van der Waals surface area (Å²) in [6, 6.07) is 32.0. The maximum absolute atomic E-state index is 6.48. The number of fused-ring (bicyclic) bond motifs is 14. The smallest absolute Gasteiger partial charge is 0.145 e. The molecule has 0 saturated carbocycles. The van der Waals surface area contributed by atoms with Gasteiger partial charge in [0.25, 0.3) is 0 Å². The van der Waals surface area contributed by atoms with Gasteiger partial charge in [-0.1, -0.05) is 54.6 Å². The summed E-state index contributed by atoms with van der Waals surface area (Å²) in [4.78, 5) is 0. The van der Waals surface area contributed by atoms with Crippen molar-refractivity contribution >= 4 is 82.0 Å². The first-order chi connectivity index (χ1) is 16.4. The summed E-state index contributed by atoms with van der Waals surface area (Å²) in [6.45, 7) is 0. The van der Waals surface area contributed by atoms with Gasteiger partial charge in [0, 0.05) is 32.3 Å². The van der Waals surface area contributed by atoms with Gasteiger partial charge in [-0.05, 0) is 36.4 Å². The molecule has 0 bridgehead atoms. The SMILES string of the molecule is c1ccc2c(c1)oc1c2ccc2c1c1cc3c4ccccc4oc3c3c4ccccc4n2c13. The largest absolute Gasteiger partial charge is 0.455 e.